The number of hydrogen-bond donors (Lipinski definition) is 3. The third-order valence-electron chi connectivity index (χ3n) is 6.27. The summed E-state index contributed by atoms with van der Waals surface area (Å²) in [4.78, 5) is 12.4. The Bertz CT molecular complexity index is 533. The summed E-state index contributed by atoms with van der Waals surface area (Å²) in [5, 5.41) is 2.83. The van der Waals surface area contributed by atoms with Crippen LogP contribution in [0.25, 0.3) is 0 Å². The van der Waals surface area contributed by atoms with E-state index in [1.165, 1.54) is 12.8 Å². The molecular formula is C17H31N3O3S. The van der Waals surface area contributed by atoms with Crippen molar-refractivity contribution in [1.29, 1.82) is 0 Å². The van der Waals surface area contributed by atoms with E-state index in [-0.39, 0.29) is 30.2 Å². The SMILES string of the molecule is NC1C2CCCC1CC(C(=O)NCCS(=O)(=O)NCC1CCC1)C2. The van der Waals surface area contributed by atoms with E-state index in [4.69, 9.17) is 5.73 Å². The molecule has 3 aliphatic rings. The third-order valence-corrected chi connectivity index (χ3v) is 7.62. The van der Waals surface area contributed by atoms with Crippen molar-refractivity contribution < 1.29 is 13.2 Å². The van der Waals surface area contributed by atoms with Gasteiger partial charge >= 0.3 is 0 Å². The van der Waals surface area contributed by atoms with E-state index in [9.17, 15) is 13.2 Å². The first-order valence-corrected chi connectivity index (χ1v) is 11.1. The molecule has 2 unspecified atom stereocenters. The number of nitrogens with two attached hydrogens (primary N) is 1. The van der Waals surface area contributed by atoms with Gasteiger partial charge in [0.25, 0.3) is 0 Å². The van der Waals surface area contributed by atoms with Gasteiger partial charge in [-0.2, -0.15) is 0 Å². The maximum absolute atomic E-state index is 12.4. The Balaban J connectivity index is 1.39. The average molecular weight is 358 g/mol. The normalized spacial score (nSPS) is 33.7. The lowest BCUT2D eigenvalue weighted by Gasteiger charge is -2.43. The van der Waals surface area contributed by atoms with Crippen molar-refractivity contribution in [2.24, 2.45) is 29.4 Å². The molecule has 7 heteroatoms. The lowest BCUT2D eigenvalue weighted by atomic mass is 9.65. The Kier molecular flexibility index (Phi) is 5.82. The number of rotatable bonds is 7. The molecule has 3 fully saturated rings. The van der Waals surface area contributed by atoms with E-state index in [1.54, 1.807) is 0 Å². The molecule has 3 saturated carbocycles. The molecule has 6 nitrogen and oxygen atoms in total. The maximum Gasteiger partial charge on any atom is 0.223 e. The van der Waals surface area contributed by atoms with Crippen LogP contribution in [-0.2, 0) is 14.8 Å². The zero-order valence-corrected chi connectivity index (χ0v) is 15.2. The number of amides is 1. The van der Waals surface area contributed by atoms with Crippen molar-refractivity contribution in [2.45, 2.75) is 57.4 Å². The Labute approximate surface area is 145 Å². The first-order valence-electron chi connectivity index (χ1n) is 9.45. The molecule has 3 aliphatic carbocycles. The standard InChI is InChI=1S/C17H31N3O3S/c18-16-13-5-2-6-14(16)10-15(9-13)17(21)19-7-8-24(22,23)20-11-12-3-1-4-12/h12-16,20H,1-11,18H2,(H,19,21). The molecule has 0 aromatic heterocycles. The predicted octanol–water partition coefficient (Wildman–Crippen LogP) is 0.976. The molecule has 0 radical (unpaired) electrons. The second-order valence-corrected chi connectivity index (χ2v) is 9.88. The van der Waals surface area contributed by atoms with Crippen LogP contribution in [0.2, 0.25) is 0 Å². The summed E-state index contributed by atoms with van der Waals surface area (Å²) in [7, 11) is -3.29. The van der Waals surface area contributed by atoms with Gasteiger partial charge in [0.05, 0.1) is 5.75 Å². The zero-order valence-electron chi connectivity index (χ0n) is 14.4. The van der Waals surface area contributed by atoms with Gasteiger partial charge in [-0.1, -0.05) is 12.8 Å². The van der Waals surface area contributed by atoms with Gasteiger partial charge in [-0.25, -0.2) is 13.1 Å². The van der Waals surface area contributed by atoms with Crippen LogP contribution in [0.15, 0.2) is 0 Å². The smallest absolute Gasteiger partial charge is 0.223 e. The molecule has 0 spiro atoms. The van der Waals surface area contributed by atoms with E-state index in [2.05, 4.69) is 10.0 Å². The van der Waals surface area contributed by atoms with Crippen LogP contribution in [0.4, 0.5) is 0 Å². The quantitative estimate of drug-likeness (QED) is 0.632. The van der Waals surface area contributed by atoms with E-state index in [0.29, 0.717) is 24.3 Å². The molecule has 3 rings (SSSR count). The lowest BCUT2D eigenvalue weighted by molar-refractivity contribution is -0.127. The molecule has 0 heterocycles. The number of hydrogen-bond acceptors (Lipinski definition) is 4. The fourth-order valence-electron chi connectivity index (χ4n) is 4.47. The summed E-state index contributed by atoms with van der Waals surface area (Å²) < 4.78 is 26.6. The first kappa shape index (κ1) is 18.1. The van der Waals surface area contributed by atoms with Crippen molar-refractivity contribution in [3.63, 3.8) is 0 Å². The van der Waals surface area contributed by atoms with Gasteiger partial charge in [0.15, 0.2) is 0 Å². The summed E-state index contributed by atoms with van der Waals surface area (Å²) in [6.07, 6.45) is 8.63. The second kappa shape index (κ2) is 7.70. The Hall–Kier alpha value is -0.660. The first-order chi connectivity index (χ1) is 11.4. The van der Waals surface area contributed by atoms with Crippen LogP contribution in [0.1, 0.15) is 51.4 Å². The highest BCUT2D eigenvalue weighted by atomic mass is 32.2. The van der Waals surface area contributed by atoms with E-state index >= 15 is 0 Å². The fourth-order valence-corrected chi connectivity index (χ4v) is 5.47. The van der Waals surface area contributed by atoms with E-state index in [0.717, 1.165) is 38.5 Å². The van der Waals surface area contributed by atoms with Gasteiger partial charge in [-0.15, -0.1) is 0 Å². The summed E-state index contributed by atoms with van der Waals surface area (Å²) in [6, 6.07) is 0.249. The third kappa shape index (κ3) is 4.49. The fraction of sp³-hybridized carbons (Fsp3) is 0.941. The van der Waals surface area contributed by atoms with Crippen LogP contribution in [0, 0.1) is 23.7 Å². The number of fused-ring (bicyclic) bond motifs is 2. The number of carbonyl (C=O) groups is 1. The van der Waals surface area contributed by atoms with Gasteiger partial charge in [-0.3, -0.25) is 4.79 Å². The Morgan fingerprint density at radius 1 is 1.04 bits per heavy atom. The van der Waals surface area contributed by atoms with Gasteiger partial charge in [0, 0.05) is 25.0 Å². The Morgan fingerprint density at radius 3 is 2.25 bits per heavy atom. The average Bonchev–Trinajstić information content (AvgIpc) is 2.44. The summed E-state index contributed by atoms with van der Waals surface area (Å²) in [5.41, 5.74) is 6.26. The molecule has 24 heavy (non-hydrogen) atoms. The molecule has 0 aromatic carbocycles. The van der Waals surface area contributed by atoms with E-state index < -0.39 is 10.0 Å². The molecule has 1 amide bonds. The second-order valence-electron chi connectivity index (χ2n) is 7.95. The number of carbonyl (C=O) groups excluding carboxylic acids is 1. The van der Waals surface area contributed by atoms with E-state index in [1.807, 2.05) is 0 Å². The van der Waals surface area contributed by atoms with Crippen molar-refractivity contribution in [3.05, 3.63) is 0 Å². The predicted molar refractivity (Wildman–Crippen MR) is 93.7 cm³/mol. The van der Waals surface area contributed by atoms with Crippen molar-refractivity contribution >= 4 is 15.9 Å². The topological polar surface area (TPSA) is 101 Å². The lowest BCUT2D eigenvalue weighted by Crippen LogP contribution is -2.49. The molecule has 2 bridgehead atoms. The highest BCUT2D eigenvalue weighted by Crippen LogP contribution is 2.41. The summed E-state index contributed by atoms with van der Waals surface area (Å²) in [5.74, 6) is 1.39. The largest absolute Gasteiger partial charge is 0.355 e. The van der Waals surface area contributed by atoms with Crippen molar-refractivity contribution in [2.75, 3.05) is 18.8 Å². The van der Waals surface area contributed by atoms with Crippen molar-refractivity contribution in [1.82, 2.24) is 10.0 Å². The highest BCUT2D eigenvalue weighted by Gasteiger charge is 2.40. The molecule has 0 saturated heterocycles. The molecule has 2 atom stereocenters. The minimum absolute atomic E-state index is 0.00531. The van der Waals surface area contributed by atoms with Gasteiger partial charge in [0.2, 0.25) is 15.9 Å². The van der Waals surface area contributed by atoms with Gasteiger partial charge < -0.3 is 11.1 Å². The van der Waals surface area contributed by atoms with Gasteiger partial charge in [-0.05, 0) is 56.3 Å². The molecule has 0 aliphatic heterocycles. The maximum atomic E-state index is 12.4. The van der Waals surface area contributed by atoms with Crippen LogP contribution in [-0.4, -0.2) is 39.2 Å². The van der Waals surface area contributed by atoms with Crippen LogP contribution < -0.4 is 15.8 Å². The molecule has 138 valence electrons. The van der Waals surface area contributed by atoms with Crippen molar-refractivity contribution in [3.8, 4) is 0 Å². The zero-order chi connectivity index (χ0) is 17.2. The van der Waals surface area contributed by atoms with Gasteiger partial charge in [0.1, 0.15) is 0 Å². The summed E-state index contributed by atoms with van der Waals surface area (Å²) in [6.45, 7) is 0.733. The monoisotopic (exact) mass is 357 g/mol. The molecule has 4 N–H and O–H groups in total. The minimum Gasteiger partial charge on any atom is -0.355 e. The Morgan fingerprint density at radius 2 is 1.67 bits per heavy atom. The van der Waals surface area contributed by atoms with Crippen LogP contribution in [0.5, 0.6) is 0 Å². The highest BCUT2D eigenvalue weighted by molar-refractivity contribution is 7.89. The van der Waals surface area contributed by atoms with Crippen LogP contribution >= 0.6 is 0 Å². The molecule has 0 aromatic rings. The summed E-state index contributed by atoms with van der Waals surface area (Å²) >= 11 is 0. The van der Waals surface area contributed by atoms with Crippen LogP contribution in [0.3, 0.4) is 0 Å². The molecular weight excluding hydrogens is 326 g/mol. The number of nitrogens with one attached hydrogen (secondary N) is 2. The minimum atomic E-state index is -3.29. The number of sulfonamides is 1.